The largest absolute Gasteiger partial charge is 0.381 e. The number of thiocarbonyl (C=S) groups is 1. The van der Waals surface area contributed by atoms with Crippen LogP contribution >= 0.6 is 24.0 Å². The Kier molecular flexibility index (Phi) is 5.93. The predicted molar refractivity (Wildman–Crippen MR) is 133 cm³/mol. The molecule has 0 aromatic carbocycles. The molecule has 180 valence electrons. The van der Waals surface area contributed by atoms with Gasteiger partial charge in [0.1, 0.15) is 15.7 Å². The van der Waals surface area contributed by atoms with Gasteiger partial charge >= 0.3 is 0 Å². The fourth-order valence-corrected chi connectivity index (χ4v) is 9.30. The van der Waals surface area contributed by atoms with E-state index in [-0.39, 0.29) is 52.7 Å². The average Bonchev–Trinajstić information content (AvgIpc) is 3.39. The number of rotatable bonds is 3. The van der Waals surface area contributed by atoms with Crippen molar-refractivity contribution >= 4 is 45.7 Å². The van der Waals surface area contributed by atoms with Crippen LogP contribution in [-0.4, -0.2) is 56.1 Å². The number of hydrogen-bond acceptors (Lipinski definition) is 6. The first-order valence-corrected chi connectivity index (χ1v) is 13.9. The maximum Gasteiger partial charge on any atom is 0.175 e. The number of carbonyl (C=O) groups excluding carboxylic acids is 3. The molecule has 0 unspecified atom stereocenters. The van der Waals surface area contributed by atoms with Crippen molar-refractivity contribution in [3.63, 3.8) is 0 Å². The summed E-state index contributed by atoms with van der Waals surface area (Å²) in [7, 11) is 0. The van der Waals surface area contributed by atoms with Crippen molar-refractivity contribution in [2.45, 2.75) is 77.2 Å². The summed E-state index contributed by atoms with van der Waals surface area (Å²) < 4.78 is 0.746. The van der Waals surface area contributed by atoms with E-state index < -0.39 is 11.0 Å². The Morgan fingerprint density at radius 1 is 1.18 bits per heavy atom. The molecule has 33 heavy (non-hydrogen) atoms. The number of aliphatic hydroxyl groups is 1. The van der Waals surface area contributed by atoms with Gasteiger partial charge in [-0.05, 0) is 68.3 Å². The first-order valence-electron chi connectivity index (χ1n) is 12.5. The van der Waals surface area contributed by atoms with Gasteiger partial charge in [0, 0.05) is 37.3 Å². The van der Waals surface area contributed by atoms with E-state index >= 15 is 0 Å². The third kappa shape index (κ3) is 3.51. The number of likely N-dealkylation sites (tertiary alicyclic amines) is 1. The SMILES string of the molecule is C[C@]12CCC(=O)C=C1CC[C@@H]1[C@H]3CC[C@](O)(C(=O)CSC(=S)N4CCCC4)[C@@]3(C)CC(=O)[C@@H]12. The Morgan fingerprint density at radius 3 is 2.64 bits per heavy atom. The quantitative estimate of drug-likeness (QED) is 0.598. The zero-order chi connectivity index (χ0) is 23.6. The molecule has 0 amide bonds. The number of ketones is 3. The third-order valence-electron chi connectivity index (χ3n) is 9.96. The zero-order valence-electron chi connectivity index (χ0n) is 19.7. The van der Waals surface area contributed by atoms with Crippen LogP contribution in [0.3, 0.4) is 0 Å². The molecule has 0 spiro atoms. The Balaban J connectivity index is 1.36. The Hall–Kier alpha value is -1.05. The number of allylic oxidation sites excluding steroid dienone is 1. The van der Waals surface area contributed by atoms with Gasteiger partial charge < -0.3 is 10.0 Å². The topological polar surface area (TPSA) is 74.7 Å². The minimum atomic E-state index is -1.47. The second-order valence-electron chi connectivity index (χ2n) is 11.5. The summed E-state index contributed by atoms with van der Waals surface area (Å²) in [5, 5.41) is 11.8. The van der Waals surface area contributed by atoms with Gasteiger partial charge in [-0.3, -0.25) is 14.4 Å². The van der Waals surface area contributed by atoms with Gasteiger partial charge in [0.15, 0.2) is 11.6 Å². The van der Waals surface area contributed by atoms with Crippen molar-refractivity contribution in [1.29, 1.82) is 0 Å². The molecule has 1 saturated heterocycles. The summed E-state index contributed by atoms with van der Waals surface area (Å²) in [5.41, 5.74) is -1.29. The molecule has 5 aliphatic rings. The summed E-state index contributed by atoms with van der Waals surface area (Å²) in [6, 6.07) is 0. The molecule has 4 aliphatic carbocycles. The van der Waals surface area contributed by atoms with Gasteiger partial charge in [-0.25, -0.2) is 0 Å². The molecule has 3 saturated carbocycles. The van der Waals surface area contributed by atoms with Crippen molar-refractivity contribution in [2.24, 2.45) is 28.6 Å². The first kappa shape index (κ1) is 23.7. The molecule has 0 aromatic rings. The average molecular weight is 490 g/mol. The van der Waals surface area contributed by atoms with E-state index in [0.717, 1.165) is 61.5 Å². The third-order valence-corrected chi connectivity index (χ3v) is 11.5. The summed E-state index contributed by atoms with van der Waals surface area (Å²) in [5.74, 6) is 0.582. The van der Waals surface area contributed by atoms with Gasteiger partial charge in [-0.1, -0.05) is 43.4 Å². The minimum Gasteiger partial charge on any atom is -0.381 e. The van der Waals surface area contributed by atoms with Crippen LogP contribution in [0.1, 0.15) is 71.6 Å². The molecule has 6 atom stereocenters. The second kappa shape index (κ2) is 8.27. The lowest BCUT2D eigenvalue weighted by molar-refractivity contribution is -0.167. The van der Waals surface area contributed by atoms with Crippen LogP contribution in [0.25, 0.3) is 0 Å². The van der Waals surface area contributed by atoms with Crippen molar-refractivity contribution in [3.8, 4) is 0 Å². The molecule has 0 radical (unpaired) electrons. The molecular formula is C26H35NO4S2. The summed E-state index contributed by atoms with van der Waals surface area (Å²) in [6.07, 6.45) is 8.48. The van der Waals surface area contributed by atoms with E-state index in [4.69, 9.17) is 12.2 Å². The molecule has 1 aliphatic heterocycles. The molecule has 0 bridgehead atoms. The Labute approximate surface area is 206 Å². The van der Waals surface area contributed by atoms with E-state index in [9.17, 15) is 19.5 Å². The molecule has 5 nitrogen and oxygen atoms in total. The summed E-state index contributed by atoms with van der Waals surface area (Å²) >= 11 is 6.89. The van der Waals surface area contributed by atoms with E-state index in [1.807, 2.05) is 6.92 Å². The molecule has 7 heteroatoms. The smallest absolute Gasteiger partial charge is 0.175 e. The maximum atomic E-state index is 13.7. The van der Waals surface area contributed by atoms with E-state index in [1.54, 1.807) is 6.08 Å². The Morgan fingerprint density at radius 2 is 1.91 bits per heavy atom. The summed E-state index contributed by atoms with van der Waals surface area (Å²) in [6.45, 7) is 6.05. The number of fused-ring (bicyclic) bond motifs is 5. The fraction of sp³-hybridized carbons (Fsp3) is 0.769. The normalized spacial score (nSPS) is 42.5. The summed E-state index contributed by atoms with van der Waals surface area (Å²) in [4.78, 5) is 41.3. The lowest BCUT2D eigenvalue weighted by atomic mass is 9.46. The zero-order valence-corrected chi connectivity index (χ0v) is 21.4. The van der Waals surface area contributed by atoms with Crippen LogP contribution in [0, 0.1) is 28.6 Å². The lowest BCUT2D eigenvalue weighted by Gasteiger charge is -2.57. The van der Waals surface area contributed by atoms with E-state index in [1.165, 1.54) is 11.8 Å². The molecule has 5 rings (SSSR count). The standard InChI is InChI=1S/C26H35NO4S2/c1-24-9-7-17(28)13-16(24)5-6-18-19-8-10-26(31,25(19,2)14-20(29)22(18)24)21(30)15-33-23(32)27-11-3-4-12-27/h13,18-19,22,31H,3-12,14-15H2,1-2H3/t18-,19-,22-,24+,25+,26+/m1/s1. The number of thioether (sulfide) groups is 1. The molecule has 0 aromatic heterocycles. The van der Waals surface area contributed by atoms with Crippen molar-refractivity contribution < 1.29 is 19.5 Å². The monoisotopic (exact) mass is 489 g/mol. The van der Waals surface area contributed by atoms with E-state index in [2.05, 4.69) is 11.8 Å². The second-order valence-corrected chi connectivity index (χ2v) is 13.1. The van der Waals surface area contributed by atoms with Gasteiger partial charge in [0.2, 0.25) is 0 Å². The van der Waals surface area contributed by atoms with Crippen LogP contribution in [0.2, 0.25) is 0 Å². The van der Waals surface area contributed by atoms with Crippen LogP contribution < -0.4 is 0 Å². The molecule has 1 heterocycles. The van der Waals surface area contributed by atoms with Crippen LogP contribution in [0.5, 0.6) is 0 Å². The lowest BCUT2D eigenvalue weighted by Crippen LogP contribution is -2.60. The van der Waals surface area contributed by atoms with Gasteiger partial charge in [0.05, 0.1) is 5.75 Å². The van der Waals surface area contributed by atoms with Crippen molar-refractivity contribution in [2.75, 3.05) is 18.8 Å². The highest BCUT2D eigenvalue weighted by molar-refractivity contribution is 8.23. The Bertz CT molecular complexity index is 941. The number of carbonyl (C=O) groups is 3. The van der Waals surface area contributed by atoms with Crippen LogP contribution in [0.15, 0.2) is 11.6 Å². The number of hydrogen-bond donors (Lipinski definition) is 1. The highest BCUT2D eigenvalue weighted by Gasteiger charge is 2.68. The van der Waals surface area contributed by atoms with Crippen molar-refractivity contribution in [3.05, 3.63) is 11.6 Å². The van der Waals surface area contributed by atoms with E-state index in [0.29, 0.717) is 12.8 Å². The molecular weight excluding hydrogens is 454 g/mol. The van der Waals surface area contributed by atoms with Crippen LogP contribution in [-0.2, 0) is 14.4 Å². The predicted octanol–water partition coefficient (Wildman–Crippen LogP) is 4.11. The highest BCUT2D eigenvalue weighted by Crippen LogP contribution is 2.66. The maximum absolute atomic E-state index is 13.7. The molecule has 1 N–H and O–H groups in total. The molecule has 4 fully saturated rings. The highest BCUT2D eigenvalue weighted by atomic mass is 32.2. The first-order chi connectivity index (χ1) is 15.6. The van der Waals surface area contributed by atoms with Crippen LogP contribution in [0.4, 0.5) is 0 Å². The minimum absolute atomic E-state index is 0.0988. The van der Waals surface area contributed by atoms with Gasteiger partial charge in [-0.15, -0.1) is 0 Å². The van der Waals surface area contributed by atoms with Gasteiger partial charge in [0.25, 0.3) is 0 Å². The fourth-order valence-electron chi connectivity index (χ4n) is 8.08. The number of Topliss-reactive ketones (excluding diaryl/α,β-unsaturated/α-hetero) is 2. The van der Waals surface area contributed by atoms with Gasteiger partial charge in [-0.2, -0.15) is 0 Å². The van der Waals surface area contributed by atoms with Crippen molar-refractivity contribution in [1.82, 2.24) is 4.90 Å². The number of nitrogens with zero attached hydrogens (tertiary/aromatic N) is 1.